The first-order valence-electron chi connectivity index (χ1n) is 10.6. The van der Waals surface area contributed by atoms with Crippen LogP contribution in [0.25, 0.3) is 16.7 Å². The van der Waals surface area contributed by atoms with Crippen LogP contribution in [0.15, 0.2) is 48.5 Å². The van der Waals surface area contributed by atoms with Gasteiger partial charge in [-0.2, -0.15) is 0 Å². The van der Waals surface area contributed by atoms with Gasteiger partial charge in [-0.25, -0.2) is 4.68 Å². The van der Waals surface area contributed by atoms with Crippen molar-refractivity contribution in [1.29, 1.82) is 0 Å². The number of aromatic nitrogens is 3. The molecule has 2 aromatic carbocycles. The second-order valence-corrected chi connectivity index (χ2v) is 8.82. The van der Waals surface area contributed by atoms with Crippen LogP contribution in [-0.2, 0) is 6.42 Å². The quantitative estimate of drug-likeness (QED) is 0.531. The van der Waals surface area contributed by atoms with E-state index in [1.165, 1.54) is 31.2 Å². The summed E-state index contributed by atoms with van der Waals surface area (Å²) in [5.41, 5.74) is 4.65. The molecule has 4 nitrogen and oxygen atoms in total. The van der Waals surface area contributed by atoms with Gasteiger partial charge in [0.1, 0.15) is 5.52 Å². The van der Waals surface area contributed by atoms with E-state index in [0.29, 0.717) is 0 Å². The zero-order chi connectivity index (χ0) is 20.0. The van der Waals surface area contributed by atoms with E-state index < -0.39 is 0 Å². The maximum atomic E-state index is 4.35. The van der Waals surface area contributed by atoms with Crippen molar-refractivity contribution in [2.75, 3.05) is 6.54 Å². The van der Waals surface area contributed by atoms with Gasteiger partial charge in [0.2, 0.25) is 0 Å². The molecule has 3 aromatic rings. The Morgan fingerprint density at radius 1 is 1.00 bits per heavy atom. The molecule has 1 atom stereocenters. The number of hydrogen-bond donors (Lipinski definition) is 1. The first-order valence-corrected chi connectivity index (χ1v) is 10.6. The van der Waals surface area contributed by atoms with Gasteiger partial charge in [0, 0.05) is 5.54 Å². The van der Waals surface area contributed by atoms with Crippen LogP contribution < -0.4 is 5.32 Å². The predicted molar refractivity (Wildman–Crippen MR) is 118 cm³/mol. The molecular formula is C24H34N4. The topological polar surface area (TPSA) is 42.7 Å². The van der Waals surface area contributed by atoms with E-state index >= 15 is 0 Å². The van der Waals surface area contributed by atoms with E-state index in [9.17, 15) is 0 Å². The standard InChI is InChI=1S/C24H34N4/c1-5-9-19(16-17-25-24(2,3)4)14-15-20-10-8-11-21(18-20)28-23-13-7-6-12-22(23)26-27-28/h6-8,10-13,18-19,25H,5,9,14-17H2,1-4H3. The van der Waals surface area contributed by atoms with Gasteiger partial charge in [-0.15, -0.1) is 5.10 Å². The predicted octanol–water partition coefficient (Wildman–Crippen LogP) is 5.55. The highest BCUT2D eigenvalue weighted by molar-refractivity contribution is 5.75. The Hall–Kier alpha value is -2.20. The van der Waals surface area contributed by atoms with Crippen molar-refractivity contribution in [1.82, 2.24) is 20.3 Å². The van der Waals surface area contributed by atoms with Crippen LogP contribution in [-0.4, -0.2) is 27.1 Å². The van der Waals surface area contributed by atoms with Crippen LogP contribution in [0.5, 0.6) is 0 Å². The summed E-state index contributed by atoms with van der Waals surface area (Å²) in [7, 11) is 0. The van der Waals surface area contributed by atoms with Crippen LogP contribution in [0, 0.1) is 5.92 Å². The van der Waals surface area contributed by atoms with Crippen molar-refractivity contribution in [3.05, 3.63) is 54.1 Å². The van der Waals surface area contributed by atoms with Crippen LogP contribution in [0.3, 0.4) is 0 Å². The maximum Gasteiger partial charge on any atom is 0.113 e. The highest BCUT2D eigenvalue weighted by Crippen LogP contribution is 2.21. The summed E-state index contributed by atoms with van der Waals surface area (Å²) in [6.07, 6.45) is 6.16. The van der Waals surface area contributed by atoms with Gasteiger partial charge in [-0.3, -0.25) is 0 Å². The fourth-order valence-electron chi connectivity index (χ4n) is 3.77. The number of aryl methyl sites for hydroxylation is 1. The molecule has 0 saturated heterocycles. The third kappa shape index (κ3) is 5.65. The number of rotatable bonds is 9. The molecule has 0 spiro atoms. The molecule has 0 aliphatic rings. The molecule has 1 aromatic heterocycles. The molecule has 0 amide bonds. The fraction of sp³-hybridized carbons (Fsp3) is 0.500. The normalized spacial score (nSPS) is 13.1. The Balaban J connectivity index is 1.65. The van der Waals surface area contributed by atoms with Crippen molar-refractivity contribution in [3.8, 4) is 5.69 Å². The van der Waals surface area contributed by atoms with E-state index in [1.54, 1.807) is 0 Å². The first kappa shape index (κ1) is 20.5. The molecule has 0 aliphatic heterocycles. The van der Waals surface area contributed by atoms with Gasteiger partial charge in [0.25, 0.3) is 0 Å². The Bertz CT molecular complexity index is 875. The monoisotopic (exact) mass is 378 g/mol. The van der Waals surface area contributed by atoms with Crippen molar-refractivity contribution < 1.29 is 0 Å². The smallest absolute Gasteiger partial charge is 0.113 e. The lowest BCUT2D eigenvalue weighted by molar-refractivity contribution is 0.359. The third-order valence-corrected chi connectivity index (χ3v) is 5.25. The van der Waals surface area contributed by atoms with E-state index in [0.717, 1.165) is 35.6 Å². The minimum absolute atomic E-state index is 0.200. The molecule has 28 heavy (non-hydrogen) atoms. The fourth-order valence-corrected chi connectivity index (χ4v) is 3.77. The lowest BCUT2D eigenvalue weighted by atomic mass is 9.92. The van der Waals surface area contributed by atoms with Gasteiger partial charge >= 0.3 is 0 Å². The van der Waals surface area contributed by atoms with Gasteiger partial charge in [-0.1, -0.05) is 49.2 Å². The molecule has 0 saturated carbocycles. The Morgan fingerprint density at radius 3 is 2.61 bits per heavy atom. The summed E-state index contributed by atoms with van der Waals surface area (Å²) in [5.74, 6) is 0.774. The number of benzene rings is 2. The molecule has 150 valence electrons. The van der Waals surface area contributed by atoms with E-state index in [-0.39, 0.29) is 5.54 Å². The zero-order valence-electron chi connectivity index (χ0n) is 17.8. The van der Waals surface area contributed by atoms with Gasteiger partial charge in [0.05, 0.1) is 11.2 Å². The Morgan fingerprint density at radius 2 is 1.82 bits per heavy atom. The van der Waals surface area contributed by atoms with Crippen LogP contribution in [0.2, 0.25) is 0 Å². The zero-order valence-corrected chi connectivity index (χ0v) is 17.8. The lowest BCUT2D eigenvalue weighted by Crippen LogP contribution is -2.37. The van der Waals surface area contributed by atoms with E-state index in [2.05, 4.69) is 73.7 Å². The van der Waals surface area contributed by atoms with Crippen molar-refractivity contribution >= 4 is 11.0 Å². The molecule has 1 N–H and O–H groups in total. The minimum atomic E-state index is 0.200. The average Bonchev–Trinajstić information content (AvgIpc) is 3.09. The van der Waals surface area contributed by atoms with Gasteiger partial charge in [-0.05, 0) is 82.3 Å². The average molecular weight is 379 g/mol. The first-order chi connectivity index (χ1) is 13.5. The summed E-state index contributed by atoms with van der Waals surface area (Å²) in [5, 5.41) is 12.3. The molecular weight excluding hydrogens is 344 g/mol. The highest BCUT2D eigenvalue weighted by atomic mass is 15.4. The lowest BCUT2D eigenvalue weighted by Gasteiger charge is -2.23. The molecule has 0 fully saturated rings. The highest BCUT2D eigenvalue weighted by Gasteiger charge is 2.13. The second kappa shape index (κ2) is 9.33. The molecule has 0 aliphatic carbocycles. The number of fused-ring (bicyclic) bond motifs is 1. The summed E-state index contributed by atoms with van der Waals surface area (Å²) in [6, 6.07) is 16.9. The maximum absolute atomic E-state index is 4.35. The van der Waals surface area contributed by atoms with Crippen LogP contribution in [0.4, 0.5) is 0 Å². The summed E-state index contributed by atoms with van der Waals surface area (Å²) in [6.45, 7) is 10.1. The van der Waals surface area contributed by atoms with E-state index in [1.807, 2.05) is 22.9 Å². The molecule has 0 bridgehead atoms. The molecule has 1 heterocycles. The third-order valence-electron chi connectivity index (χ3n) is 5.25. The van der Waals surface area contributed by atoms with Crippen molar-refractivity contribution in [2.24, 2.45) is 5.92 Å². The largest absolute Gasteiger partial charge is 0.312 e. The summed E-state index contributed by atoms with van der Waals surface area (Å²) < 4.78 is 1.94. The van der Waals surface area contributed by atoms with Crippen molar-refractivity contribution in [2.45, 2.75) is 65.3 Å². The summed E-state index contributed by atoms with van der Waals surface area (Å²) >= 11 is 0. The molecule has 3 rings (SSSR count). The molecule has 0 radical (unpaired) electrons. The number of nitrogens with zero attached hydrogens (tertiary/aromatic N) is 3. The minimum Gasteiger partial charge on any atom is -0.312 e. The number of hydrogen-bond acceptors (Lipinski definition) is 3. The number of nitrogens with one attached hydrogen (secondary N) is 1. The summed E-state index contributed by atoms with van der Waals surface area (Å²) in [4.78, 5) is 0. The van der Waals surface area contributed by atoms with Gasteiger partial charge < -0.3 is 5.32 Å². The van der Waals surface area contributed by atoms with Crippen LogP contribution >= 0.6 is 0 Å². The van der Waals surface area contributed by atoms with Crippen LogP contribution in [0.1, 0.15) is 58.9 Å². The number of para-hydroxylation sites is 1. The Labute approximate surface area is 169 Å². The van der Waals surface area contributed by atoms with Crippen molar-refractivity contribution in [3.63, 3.8) is 0 Å². The molecule has 4 heteroatoms. The second-order valence-electron chi connectivity index (χ2n) is 8.82. The van der Waals surface area contributed by atoms with Gasteiger partial charge in [0.15, 0.2) is 0 Å². The van der Waals surface area contributed by atoms with E-state index in [4.69, 9.17) is 0 Å². The molecule has 1 unspecified atom stereocenters. The SMILES string of the molecule is CCCC(CCNC(C)(C)C)CCc1cccc(-n2nnc3ccccc32)c1. The Kier molecular flexibility index (Phi) is 6.84.